The van der Waals surface area contributed by atoms with Crippen molar-refractivity contribution >= 4 is 56.0 Å². The molecule has 0 unspecified atom stereocenters. The largest absolute Gasteiger partial charge is 0.378 e. The molecule has 2 N–H and O–H groups in total. The molecule has 0 atom stereocenters. The van der Waals surface area contributed by atoms with E-state index in [0.717, 1.165) is 5.69 Å². The van der Waals surface area contributed by atoms with Gasteiger partial charge in [-0.05, 0) is 42.5 Å². The number of morpholine rings is 1. The van der Waals surface area contributed by atoms with Gasteiger partial charge in [0, 0.05) is 62.8 Å². The smallest absolute Gasteiger partial charge is 0.270 e. The van der Waals surface area contributed by atoms with E-state index in [4.69, 9.17) is 17.0 Å². The summed E-state index contributed by atoms with van der Waals surface area (Å²) in [5, 5.41) is 16.9. The Bertz CT molecular complexity index is 1270. The number of hydrogen-bond acceptors (Lipinski definition) is 9. The lowest BCUT2D eigenvalue weighted by molar-refractivity contribution is -0.384. The third-order valence-corrected chi connectivity index (χ3v) is 7.72. The number of carbonyl (C=O) groups is 1. The third-order valence-electron chi connectivity index (χ3n) is 6.21. The first-order valence-corrected chi connectivity index (χ1v) is 13.9. The number of nitro groups is 1. The van der Waals surface area contributed by atoms with E-state index in [1.807, 2.05) is 29.2 Å². The summed E-state index contributed by atoms with van der Waals surface area (Å²) < 4.78 is 30.3. The topological polar surface area (TPSA) is 137 Å². The summed E-state index contributed by atoms with van der Waals surface area (Å²) >= 11 is 5.32. The molecule has 198 valence electrons. The predicted octanol–water partition coefficient (Wildman–Crippen LogP) is 1.64. The van der Waals surface area contributed by atoms with Gasteiger partial charge in [0.25, 0.3) is 11.6 Å². The van der Waals surface area contributed by atoms with Gasteiger partial charge in [-0.3, -0.25) is 20.2 Å². The number of benzene rings is 2. The van der Waals surface area contributed by atoms with Gasteiger partial charge in [0.15, 0.2) is 5.11 Å². The van der Waals surface area contributed by atoms with Gasteiger partial charge < -0.3 is 19.9 Å². The zero-order valence-electron chi connectivity index (χ0n) is 20.3. The van der Waals surface area contributed by atoms with Crippen molar-refractivity contribution < 1.29 is 22.9 Å². The maximum atomic E-state index is 13.1. The minimum Gasteiger partial charge on any atom is -0.378 e. The Kier molecular flexibility index (Phi) is 8.22. The number of piperazine rings is 1. The molecule has 2 heterocycles. The maximum absolute atomic E-state index is 13.1. The fraction of sp³-hybridized carbons (Fsp3) is 0.391. The molecule has 2 aliphatic rings. The van der Waals surface area contributed by atoms with Crippen molar-refractivity contribution in [2.45, 2.75) is 0 Å². The summed E-state index contributed by atoms with van der Waals surface area (Å²) in [6, 6.07) is 11.6. The Morgan fingerprint density at radius 2 is 1.65 bits per heavy atom. The fourth-order valence-corrected chi connectivity index (χ4v) is 5.30. The number of nitro benzene ring substituents is 1. The van der Waals surface area contributed by atoms with Gasteiger partial charge in [0.1, 0.15) is 0 Å². The number of non-ortho nitro benzene ring substituents is 1. The van der Waals surface area contributed by atoms with Gasteiger partial charge in [0.05, 0.1) is 35.6 Å². The molecule has 14 heteroatoms. The minimum absolute atomic E-state index is 0.0546. The van der Waals surface area contributed by atoms with Crippen molar-refractivity contribution in [3.8, 4) is 0 Å². The third kappa shape index (κ3) is 6.71. The molecule has 0 radical (unpaired) electrons. The standard InChI is InChI=1S/C23H28N6O6S2/c1-37(33,34)28-10-8-26(9-11-28)18-4-2-17(3-5-18)24-23(36)25-22(30)20-16-19(29(31)32)6-7-21(20)27-12-14-35-15-13-27/h2-7,16H,8-15H2,1H3,(H2,24,25,30,36). The number of anilines is 3. The van der Waals surface area contributed by atoms with Crippen LogP contribution in [0.2, 0.25) is 0 Å². The molecule has 2 fully saturated rings. The van der Waals surface area contributed by atoms with Gasteiger partial charge in [0.2, 0.25) is 10.0 Å². The van der Waals surface area contributed by atoms with E-state index < -0.39 is 20.9 Å². The predicted molar refractivity (Wildman–Crippen MR) is 145 cm³/mol. The summed E-state index contributed by atoms with van der Waals surface area (Å²) in [6.07, 6.45) is 1.22. The molecule has 0 aliphatic carbocycles. The normalized spacial score (nSPS) is 16.8. The Hall–Kier alpha value is -3.33. The fourth-order valence-electron chi connectivity index (χ4n) is 4.27. The van der Waals surface area contributed by atoms with Gasteiger partial charge in [-0.15, -0.1) is 0 Å². The van der Waals surface area contributed by atoms with Crippen LogP contribution >= 0.6 is 12.2 Å². The number of nitrogens with zero attached hydrogens (tertiary/aromatic N) is 4. The molecule has 0 aromatic heterocycles. The van der Waals surface area contributed by atoms with Crippen LogP contribution in [0.4, 0.5) is 22.7 Å². The van der Waals surface area contributed by atoms with Crippen molar-refractivity contribution in [3.63, 3.8) is 0 Å². The molecule has 12 nitrogen and oxygen atoms in total. The molecule has 0 spiro atoms. The number of hydrogen-bond donors (Lipinski definition) is 2. The van der Waals surface area contributed by atoms with Crippen LogP contribution in [0.5, 0.6) is 0 Å². The number of ether oxygens (including phenoxy) is 1. The van der Waals surface area contributed by atoms with E-state index in [1.165, 1.54) is 22.7 Å². The summed E-state index contributed by atoms with van der Waals surface area (Å²) in [7, 11) is -3.19. The lowest BCUT2D eigenvalue weighted by Gasteiger charge is -2.34. The molecule has 4 rings (SSSR count). The second-order valence-corrected chi connectivity index (χ2v) is 11.1. The molecule has 0 saturated carbocycles. The molecule has 2 aromatic rings. The van der Waals surface area contributed by atoms with Gasteiger partial charge in [-0.25, -0.2) is 8.42 Å². The van der Waals surface area contributed by atoms with Gasteiger partial charge >= 0.3 is 0 Å². The molecule has 1 amide bonds. The second-order valence-electron chi connectivity index (χ2n) is 8.66. The quantitative estimate of drug-likeness (QED) is 0.311. The molecule has 2 aliphatic heterocycles. The molecule has 37 heavy (non-hydrogen) atoms. The number of amides is 1. The van der Waals surface area contributed by atoms with Crippen LogP contribution in [-0.4, -0.2) is 87.4 Å². The van der Waals surface area contributed by atoms with E-state index in [9.17, 15) is 23.3 Å². The monoisotopic (exact) mass is 548 g/mol. The van der Waals surface area contributed by atoms with Crippen LogP contribution in [0.15, 0.2) is 42.5 Å². The highest BCUT2D eigenvalue weighted by Crippen LogP contribution is 2.27. The van der Waals surface area contributed by atoms with Crippen LogP contribution < -0.4 is 20.4 Å². The van der Waals surface area contributed by atoms with E-state index in [1.54, 1.807) is 6.07 Å². The number of nitrogens with one attached hydrogen (secondary N) is 2. The Morgan fingerprint density at radius 1 is 1.00 bits per heavy atom. The lowest BCUT2D eigenvalue weighted by atomic mass is 10.1. The average Bonchev–Trinajstić information content (AvgIpc) is 2.88. The highest BCUT2D eigenvalue weighted by molar-refractivity contribution is 7.88. The summed E-state index contributed by atoms with van der Waals surface area (Å²) in [6.45, 7) is 4.17. The molecule has 2 aromatic carbocycles. The molecule has 2 saturated heterocycles. The molecular weight excluding hydrogens is 520 g/mol. The average molecular weight is 549 g/mol. The summed E-state index contributed by atoms with van der Waals surface area (Å²) in [4.78, 5) is 27.9. The highest BCUT2D eigenvalue weighted by atomic mass is 32.2. The highest BCUT2D eigenvalue weighted by Gasteiger charge is 2.24. The first-order chi connectivity index (χ1) is 17.6. The Morgan fingerprint density at radius 3 is 2.24 bits per heavy atom. The van der Waals surface area contributed by atoms with Crippen LogP contribution in [-0.2, 0) is 14.8 Å². The minimum atomic E-state index is -3.19. The maximum Gasteiger partial charge on any atom is 0.270 e. The number of sulfonamides is 1. The van der Waals surface area contributed by atoms with Crippen LogP contribution in [0, 0.1) is 10.1 Å². The summed E-state index contributed by atoms with van der Waals surface area (Å²) in [5.41, 5.74) is 2.14. The lowest BCUT2D eigenvalue weighted by Crippen LogP contribution is -2.48. The Labute approximate surface area is 220 Å². The van der Waals surface area contributed by atoms with Crippen LogP contribution in [0.25, 0.3) is 0 Å². The van der Waals surface area contributed by atoms with Gasteiger partial charge in [-0.1, -0.05) is 0 Å². The van der Waals surface area contributed by atoms with Crippen molar-refractivity contribution in [3.05, 3.63) is 58.1 Å². The van der Waals surface area contributed by atoms with E-state index in [2.05, 4.69) is 15.5 Å². The van der Waals surface area contributed by atoms with Crippen LogP contribution in [0.3, 0.4) is 0 Å². The second kappa shape index (κ2) is 11.4. The van der Waals surface area contributed by atoms with E-state index in [-0.39, 0.29) is 16.4 Å². The number of carbonyl (C=O) groups excluding carboxylic acids is 1. The van der Waals surface area contributed by atoms with Crippen molar-refractivity contribution in [2.75, 3.05) is 73.9 Å². The zero-order chi connectivity index (χ0) is 26.6. The number of thiocarbonyl (C=S) groups is 1. The molecular formula is C23H28N6O6S2. The van der Waals surface area contributed by atoms with Crippen molar-refractivity contribution in [1.29, 1.82) is 0 Å². The zero-order valence-corrected chi connectivity index (χ0v) is 21.9. The molecule has 0 bridgehead atoms. The van der Waals surface area contributed by atoms with E-state index >= 15 is 0 Å². The first kappa shape index (κ1) is 26.7. The first-order valence-electron chi connectivity index (χ1n) is 11.7. The SMILES string of the molecule is CS(=O)(=O)N1CCN(c2ccc(NC(=S)NC(=O)c3cc([N+](=O)[O-])ccc3N3CCOCC3)cc2)CC1. The van der Waals surface area contributed by atoms with Crippen molar-refractivity contribution in [2.24, 2.45) is 0 Å². The van der Waals surface area contributed by atoms with Crippen LogP contribution in [0.1, 0.15) is 10.4 Å². The number of rotatable bonds is 6. The van der Waals surface area contributed by atoms with Crippen molar-refractivity contribution in [1.82, 2.24) is 9.62 Å². The Balaban J connectivity index is 1.39. The van der Waals surface area contributed by atoms with Gasteiger partial charge in [-0.2, -0.15) is 4.31 Å². The summed E-state index contributed by atoms with van der Waals surface area (Å²) in [5.74, 6) is -0.553. The van der Waals surface area contributed by atoms with E-state index in [0.29, 0.717) is 63.9 Å².